The zero-order valence-corrected chi connectivity index (χ0v) is 12.9. The fraction of sp³-hybridized carbons (Fsp3) is 0.929. The van der Waals surface area contributed by atoms with Crippen LogP contribution in [0.2, 0.25) is 0 Å². The molecule has 1 fully saturated rings. The monoisotopic (exact) mass is 270 g/mol. The van der Waals surface area contributed by atoms with Gasteiger partial charge in [-0.2, -0.15) is 0 Å². The van der Waals surface area contributed by atoms with Gasteiger partial charge in [0.25, 0.3) is 0 Å². The fourth-order valence-electron chi connectivity index (χ4n) is 2.69. The van der Waals surface area contributed by atoms with Crippen LogP contribution in [0.4, 0.5) is 0 Å². The van der Waals surface area contributed by atoms with Gasteiger partial charge in [-0.25, -0.2) is 0 Å². The second kappa shape index (κ2) is 7.22. The summed E-state index contributed by atoms with van der Waals surface area (Å²) < 4.78 is 0. The molecule has 1 rings (SSSR count). The molecule has 0 bridgehead atoms. The number of rotatable bonds is 7. The number of likely N-dealkylation sites (N-methyl/N-ethyl adjacent to an activating group) is 1. The highest BCUT2D eigenvalue weighted by Crippen LogP contribution is 2.16. The van der Waals surface area contributed by atoms with Crippen LogP contribution in [0.3, 0.4) is 0 Å². The molecule has 112 valence electrons. The number of likely N-dealkylation sites (tertiary alicyclic amines) is 1. The first-order valence-corrected chi connectivity index (χ1v) is 7.32. The Hall–Kier alpha value is -0.650. The molecule has 0 aromatic heterocycles. The van der Waals surface area contributed by atoms with Crippen molar-refractivity contribution in [2.75, 3.05) is 40.3 Å². The maximum absolute atomic E-state index is 11.7. The SMILES string of the molecule is CCCNC(C)(CN(C)C1CCN(C)CC1)C(N)=O. The number of hydrogen-bond donors (Lipinski definition) is 2. The molecule has 0 saturated carbocycles. The summed E-state index contributed by atoms with van der Waals surface area (Å²) in [5.74, 6) is -0.263. The standard InChI is InChI=1S/C14H30N4O/c1-5-8-16-14(2,13(15)19)11-18(4)12-6-9-17(3)10-7-12/h12,16H,5-11H2,1-4H3,(H2,15,19). The van der Waals surface area contributed by atoms with Crippen LogP contribution in [0.25, 0.3) is 0 Å². The zero-order valence-electron chi connectivity index (χ0n) is 12.9. The summed E-state index contributed by atoms with van der Waals surface area (Å²) in [6, 6.07) is 0.554. The zero-order chi connectivity index (χ0) is 14.5. The van der Waals surface area contributed by atoms with E-state index in [2.05, 4.69) is 36.1 Å². The first kappa shape index (κ1) is 16.4. The lowest BCUT2D eigenvalue weighted by Crippen LogP contribution is -2.60. The first-order chi connectivity index (χ1) is 8.89. The minimum absolute atomic E-state index is 0.263. The molecule has 0 radical (unpaired) electrons. The molecular weight excluding hydrogens is 240 g/mol. The summed E-state index contributed by atoms with van der Waals surface area (Å²) in [4.78, 5) is 16.4. The van der Waals surface area contributed by atoms with E-state index < -0.39 is 5.54 Å². The highest BCUT2D eigenvalue weighted by atomic mass is 16.1. The van der Waals surface area contributed by atoms with Gasteiger partial charge in [0, 0.05) is 12.6 Å². The minimum Gasteiger partial charge on any atom is -0.368 e. The molecule has 0 aromatic rings. The summed E-state index contributed by atoms with van der Waals surface area (Å²) in [5, 5.41) is 3.30. The number of primary amides is 1. The highest BCUT2D eigenvalue weighted by Gasteiger charge is 2.34. The van der Waals surface area contributed by atoms with Crippen molar-refractivity contribution in [1.82, 2.24) is 15.1 Å². The van der Waals surface area contributed by atoms with E-state index >= 15 is 0 Å². The third kappa shape index (κ3) is 4.75. The Bertz CT molecular complexity index is 289. The molecule has 5 heteroatoms. The van der Waals surface area contributed by atoms with Gasteiger partial charge in [-0.1, -0.05) is 6.92 Å². The van der Waals surface area contributed by atoms with Crippen molar-refractivity contribution in [3.63, 3.8) is 0 Å². The number of nitrogens with one attached hydrogen (secondary N) is 1. The minimum atomic E-state index is -0.631. The summed E-state index contributed by atoms with van der Waals surface area (Å²) in [5.41, 5.74) is 4.94. The lowest BCUT2D eigenvalue weighted by atomic mass is 9.97. The van der Waals surface area contributed by atoms with Crippen molar-refractivity contribution >= 4 is 5.91 Å². The highest BCUT2D eigenvalue weighted by molar-refractivity contribution is 5.84. The normalized spacial score (nSPS) is 21.5. The molecule has 1 amide bonds. The van der Waals surface area contributed by atoms with Gasteiger partial charge in [0.1, 0.15) is 5.54 Å². The second-order valence-electron chi connectivity index (χ2n) is 6.07. The summed E-state index contributed by atoms with van der Waals surface area (Å²) in [6.07, 6.45) is 3.33. The molecule has 3 N–H and O–H groups in total. The summed E-state index contributed by atoms with van der Waals surface area (Å²) in [6.45, 7) is 7.76. The van der Waals surface area contributed by atoms with Crippen LogP contribution in [0, 0.1) is 0 Å². The number of hydrogen-bond acceptors (Lipinski definition) is 4. The maximum Gasteiger partial charge on any atom is 0.238 e. The smallest absolute Gasteiger partial charge is 0.238 e. The van der Waals surface area contributed by atoms with Crippen LogP contribution in [-0.2, 0) is 4.79 Å². The number of carbonyl (C=O) groups excluding carboxylic acids is 1. The van der Waals surface area contributed by atoms with Crippen LogP contribution in [-0.4, -0.2) is 67.6 Å². The Morgan fingerprint density at radius 1 is 1.47 bits per heavy atom. The maximum atomic E-state index is 11.7. The molecule has 0 aliphatic carbocycles. The third-order valence-corrected chi connectivity index (χ3v) is 4.19. The summed E-state index contributed by atoms with van der Waals surface area (Å²) in [7, 11) is 4.26. The van der Waals surface area contributed by atoms with Gasteiger partial charge in [-0.05, 0) is 59.9 Å². The molecule has 19 heavy (non-hydrogen) atoms. The molecule has 1 heterocycles. The molecule has 1 aliphatic heterocycles. The Kier molecular flexibility index (Phi) is 6.23. The molecule has 1 aliphatic rings. The Balaban J connectivity index is 2.55. The molecule has 5 nitrogen and oxygen atoms in total. The molecule has 1 saturated heterocycles. The predicted molar refractivity (Wildman–Crippen MR) is 79.0 cm³/mol. The lowest BCUT2D eigenvalue weighted by Gasteiger charge is -2.39. The van der Waals surface area contributed by atoms with Crippen LogP contribution in [0.1, 0.15) is 33.1 Å². The van der Waals surface area contributed by atoms with Crippen molar-refractivity contribution < 1.29 is 4.79 Å². The third-order valence-electron chi connectivity index (χ3n) is 4.19. The quantitative estimate of drug-likeness (QED) is 0.696. The largest absolute Gasteiger partial charge is 0.368 e. The van der Waals surface area contributed by atoms with Gasteiger partial charge in [0.15, 0.2) is 0 Å². The molecule has 1 atom stereocenters. The molecular formula is C14H30N4O. The van der Waals surface area contributed by atoms with Crippen molar-refractivity contribution in [1.29, 1.82) is 0 Å². The van der Waals surface area contributed by atoms with Crippen molar-refractivity contribution in [3.05, 3.63) is 0 Å². The van der Waals surface area contributed by atoms with Gasteiger partial charge < -0.3 is 20.9 Å². The van der Waals surface area contributed by atoms with Crippen LogP contribution < -0.4 is 11.1 Å². The number of carbonyl (C=O) groups is 1. The number of amides is 1. The van der Waals surface area contributed by atoms with E-state index in [0.717, 1.165) is 38.9 Å². The van der Waals surface area contributed by atoms with E-state index in [0.29, 0.717) is 12.6 Å². The van der Waals surface area contributed by atoms with Crippen LogP contribution in [0.15, 0.2) is 0 Å². The van der Waals surface area contributed by atoms with Crippen LogP contribution >= 0.6 is 0 Å². The van der Waals surface area contributed by atoms with E-state index in [1.807, 2.05) is 6.92 Å². The van der Waals surface area contributed by atoms with E-state index in [9.17, 15) is 4.79 Å². The summed E-state index contributed by atoms with van der Waals surface area (Å²) >= 11 is 0. The molecule has 0 aromatic carbocycles. The van der Waals surface area contributed by atoms with Gasteiger partial charge in [0.2, 0.25) is 5.91 Å². The average molecular weight is 270 g/mol. The topological polar surface area (TPSA) is 61.6 Å². The second-order valence-corrected chi connectivity index (χ2v) is 6.07. The fourth-order valence-corrected chi connectivity index (χ4v) is 2.69. The van der Waals surface area contributed by atoms with E-state index in [1.165, 1.54) is 0 Å². The molecule has 0 spiro atoms. The van der Waals surface area contributed by atoms with E-state index in [4.69, 9.17) is 5.73 Å². The Morgan fingerprint density at radius 2 is 2.05 bits per heavy atom. The Labute approximate surface area is 117 Å². The number of nitrogens with two attached hydrogens (primary N) is 1. The first-order valence-electron chi connectivity index (χ1n) is 7.32. The van der Waals surface area contributed by atoms with Gasteiger partial charge in [-0.15, -0.1) is 0 Å². The lowest BCUT2D eigenvalue weighted by molar-refractivity contribution is -0.124. The van der Waals surface area contributed by atoms with Crippen molar-refractivity contribution in [2.24, 2.45) is 5.73 Å². The van der Waals surface area contributed by atoms with Gasteiger partial charge >= 0.3 is 0 Å². The van der Waals surface area contributed by atoms with Gasteiger partial charge in [-0.3, -0.25) is 4.79 Å². The van der Waals surface area contributed by atoms with Crippen LogP contribution in [0.5, 0.6) is 0 Å². The van der Waals surface area contributed by atoms with Crippen molar-refractivity contribution in [2.45, 2.75) is 44.7 Å². The van der Waals surface area contributed by atoms with Gasteiger partial charge in [0.05, 0.1) is 0 Å². The van der Waals surface area contributed by atoms with E-state index in [1.54, 1.807) is 0 Å². The predicted octanol–water partition coefficient (Wildman–Crippen LogP) is 0.256. The number of nitrogens with zero attached hydrogens (tertiary/aromatic N) is 2. The Morgan fingerprint density at radius 3 is 2.53 bits per heavy atom. The van der Waals surface area contributed by atoms with E-state index in [-0.39, 0.29) is 5.91 Å². The average Bonchev–Trinajstić information content (AvgIpc) is 2.36. The van der Waals surface area contributed by atoms with Crippen molar-refractivity contribution in [3.8, 4) is 0 Å². The number of piperidine rings is 1. The molecule has 1 unspecified atom stereocenters.